The van der Waals surface area contributed by atoms with Crippen LogP contribution in [-0.4, -0.2) is 28.6 Å². The van der Waals surface area contributed by atoms with E-state index in [0.29, 0.717) is 17.6 Å². The summed E-state index contributed by atoms with van der Waals surface area (Å²) < 4.78 is 0. The summed E-state index contributed by atoms with van der Waals surface area (Å²) in [6.07, 6.45) is 1.01. The summed E-state index contributed by atoms with van der Waals surface area (Å²) in [7, 11) is 0. The van der Waals surface area contributed by atoms with Crippen molar-refractivity contribution in [1.82, 2.24) is 10.3 Å². The fraction of sp³-hybridized carbons (Fsp3) is 0.333. The molecule has 0 bridgehead atoms. The van der Waals surface area contributed by atoms with E-state index in [2.05, 4.69) is 10.3 Å². The van der Waals surface area contributed by atoms with Crippen LogP contribution in [-0.2, 0) is 0 Å². The van der Waals surface area contributed by atoms with Crippen LogP contribution in [0, 0.1) is 0 Å². The summed E-state index contributed by atoms with van der Waals surface area (Å²) in [5.41, 5.74) is 7.41. The molecule has 2 aromatic rings. The van der Waals surface area contributed by atoms with Crippen molar-refractivity contribution in [3.8, 4) is 0 Å². The molecule has 1 amide bonds. The molecule has 1 atom stereocenters. The van der Waals surface area contributed by atoms with Gasteiger partial charge < -0.3 is 16.2 Å². The van der Waals surface area contributed by atoms with E-state index in [1.807, 2.05) is 31.2 Å². The lowest BCUT2D eigenvalue weighted by atomic mass is 10.1. The van der Waals surface area contributed by atoms with Gasteiger partial charge in [0.05, 0.1) is 11.6 Å². The number of fused-ring (bicyclic) bond motifs is 1. The minimum absolute atomic E-state index is 0.223. The summed E-state index contributed by atoms with van der Waals surface area (Å²) in [6.45, 7) is 2.21. The van der Waals surface area contributed by atoms with Gasteiger partial charge in [0, 0.05) is 17.6 Å². The molecule has 5 nitrogen and oxygen atoms in total. The van der Waals surface area contributed by atoms with E-state index in [9.17, 15) is 9.90 Å². The number of nitrogens with zero attached hydrogens (tertiary/aromatic N) is 1. The minimum Gasteiger partial charge on any atom is -0.398 e. The second-order valence-electron chi connectivity index (χ2n) is 4.77. The Labute approximate surface area is 117 Å². The molecular formula is C15H19N3O2. The first-order chi connectivity index (χ1) is 9.61. The average molecular weight is 273 g/mol. The van der Waals surface area contributed by atoms with Gasteiger partial charge in [-0.2, -0.15) is 0 Å². The molecule has 20 heavy (non-hydrogen) atoms. The third-order valence-corrected chi connectivity index (χ3v) is 3.10. The van der Waals surface area contributed by atoms with Gasteiger partial charge in [0.1, 0.15) is 5.69 Å². The highest BCUT2D eigenvalue weighted by Gasteiger charge is 2.12. The molecule has 0 aliphatic carbocycles. The number of pyridine rings is 1. The topological polar surface area (TPSA) is 88.2 Å². The number of amides is 1. The normalized spacial score (nSPS) is 12.3. The van der Waals surface area contributed by atoms with E-state index in [1.54, 1.807) is 6.07 Å². The summed E-state index contributed by atoms with van der Waals surface area (Å²) in [4.78, 5) is 16.3. The van der Waals surface area contributed by atoms with Crippen LogP contribution in [0.4, 0.5) is 5.69 Å². The Balaban J connectivity index is 2.14. The van der Waals surface area contributed by atoms with E-state index < -0.39 is 6.10 Å². The zero-order valence-corrected chi connectivity index (χ0v) is 11.5. The molecule has 1 unspecified atom stereocenters. The summed E-state index contributed by atoms with van der Waals surface area (Å²) in [5.74, 6) is -0.322. The Morgan fingerprint density at radius 2 is 2.20 bits per heavy atom. The molecule has 0 radical (unpaired) electrons. The summed E-state index contributed by atoms with van der Waals surface area (Å²) >= 11 is 0. The zero-order chi connectivity index (χ0) is 14.5. The summed E-state index contributed by atoms with van der Waals surface area (Å²) in [5, 5.41) is 13.1. The Morgan fingerprint density at radius 3 is 2.95 bits per heavy atom. The smallest absolute Gasteiger partial charge is 0.270 e. The molecule has 0 saturated carbocycles. The van der Waals surface area contributed by atoms with E-state index in [0.717, 1.165) is 11.8 Å². The Kier molecular flexibility index (Phi) is 4.53. The molecule has 2 rings (SSSR count). The Bertz CT molecular complexity index is 613. The maximum Gasteiger partial charge on any atom is 0.270 e. The van der Waals surface area contributed by atoms with Crippen LogP contribution in [0.25, 0.3) is 10.9 Å². The molecule has 5 heteroatoms. The van der Waals surface area contributed by atoms with E-state index in [-0.39, 0.29) is 18.1 Å². The molecule has 1 aromatic carbocycles. The van der Waals surface area contributed by atoms with Gasteiger partial charge in [-0.1, -0.05) is 31.5 Å². The molecular weight excluding hydrogens is 254 g/mol. The van der Waals surface area contributed by atoms with Crippen LogP contribution in [0.1, 0.15) is 30.3 Å². The van der Waals surface area contributed by atoms with Crippen LogP contribution in [0.2, 0.25) is 0 Å². The third-order valence-electron chi connectivity index (χ3n) is 3.10. The molecule has 0 spiro atoms. The van der Waals surface area contributed by atoms with Crippen LogP contribution in [0.5, 0.6) is 0 Å². The van der Waals surface area contributed by atoms with Crippen molar-refractivity contribution in [3.63, 3.8) is 0 Å². The van der Waals surface area contributed by atoms with Gasteiger partial charge in [0.15, 0.2) is 0 Å². The zero-order valence-electron chi connectivity index (χ0n) is 11.5. The second kappa shape index (κ2) is 6.34. The lowest BCUT2D eigenvalue weighted by molar-refractivity contribution is 0.0905. The van der Waals surface area contributed by atoms with Gasteiger partial charge in [0.2, 0.25) is 0 Å². The van der Waals surface area contributed by atoms with Gasteiger partial charge in [-0.3, -0.25) is 4.79 Å². The number of aromatic nitrogens is 1. The predicted octanol–water partition coefficient (Wildman–Crippen LogP) is 1.71. The molecule has 4 N–H and O–H groups in total. The van der Waals surface area contributed by atoms with E-state index in [4.69, 9.17) is 5.73 Å². The lowest BCUT2D eigenvalue weighted by Crippen LogP contribution is -2.32. The highest BCUT2D eigenvalue weighted by molar-refractivity contribution is 5.99. The number of benzene rings is 1. The number of carbonyl (C=O) groups excluding carboxylic acids is 1. The molecule has 0 aliphatic rings. The molecule has 0 aliphatic heterocycles. The quantitative estimate of drug-likeness (QED) is 0.773. The molecule has 1 aromatic heterocycles. The monoisotopic (exact) mass is 273 g/mol. The van der Waals surface area contributed by atoms with Crippen LogP contribution >= 0.6 is 0 Å². The second-order valence-corrected chi connectivity index (χ2v) is 4.77. The number of carbonyl (C=O) groups is 1. The van der Waals surface area contributed by atoms with Crippen molar-refractivity contribution in [3.05, 3.63) is 36.0 Å². The first kappa shape index (κ1) is 14.3. The van der Waals surface area contributed by atoms with Crippen molar-refractivity contribution >= 4 is 22.5 Å². The first-order valence-corrected chi connectivity index (χ1v) is 6.73. The number of aliphatic hydroxyl groups excluding tert-OH is 1. The van der Waals surface area contributed by atoms with Crippen LogP contribution in [0.3, 0.4) is 0 Å². The van der Waals surface area contributed by atoms with Crippen molar-refractivity contribution in [2.45, 2.75) is 25.9 Å². The fourth-order valence-corrected chi connectivity index (χ4v) is 2.06. The number of nitrogen functional groups attached to an aromatic ring is 1. The standard InChI is InChI=1S/C15H19N3O2/c1-2-5-10(19)9-17-15(20)14-8-12(16)11-6-3-4-7-13(11)18-14/h3-4,6-8,10,19H,2,5,9H2,1H3,(H2,16,18)(H,17,20). The predicted molar refractivity (Wildman–Crippen MR) is 79.4 cm³/mol. The van der Waals surface area contributed by atoms with Gasteiger partial charge in [-0.15, -0.1) is 0 Å². The maximum atomic E-state index is 12.0. The number of nitrogens with two attached hydrogens (primary N) is 1. The maximum absolute atomic E-state index is 12.0. The number of anilines is 1. The number of nitrogens with one attached hydrogen (secondary N) is 1. The van der Waals surface area contributed by atoms with Gasteiger partial charge >= 0.3 is 0 Å². The van der Waals surface area contributed by atoms with Crippen LogP contribution < -0.4 is 11.1 Å². The SMILES string of the molecule is CCCC(O)CNC(=O)c1cc(N)c2ccccc2n1. The molecule has 0 fully saturated rings. The minimum atomic E-state index is -0.526. The number of aliphatic hydroxyl groups is 1. The van der Waals surface area contributed by atoms with Crippen molar-refractivity contribution in [2.75, 3.05) is 12.3 Å². The average Bonchev–Trinajstić information content (AvgIpc) is 2.45. The van der Waals surface area contributed by atoms with Crippen molar-refractivity contribution in [1.29, 1.82) is 0 Å². The number of hydrogen-bond donors (Lipinski definition) is 3. The Hall–Kier alpha value is -2.14. The van der Waals surface area contributed by atoms with Gasteiger partial charge in [-0.05, 0) is 18.6 Å². The molecule has 0 saturated heterocycles. The third kappa shape index (κ3) is 3.24. The van der Waals surface area contributed by atoms with Gasteiger partial charge in [0.25, 0.3) is 5.91 Å². The first-order valence-electron chi connectivity index (χ1n) is 6.73. The van der Waals surface area contributed by atoms with Gasteiger partial charge in [-0.25, -0.2) is 4.98 Å². The highest BCUT2D eigenvalue weighted by atomic mass is 16.3. The largest absolute Gasteiger partial charge is 0.398 e. The number of rotatable bonds is 5. The number of para-hydroxylation sites is 1. The highest BCUT2D eigenvalue weighted by Crippen LogP contribution is 2.19. The van der Waals surface area contributed by atoms with E-state index in [1.165, 1.54) is 0 Å². The fourth-order valence-electron chi connectivity index (χ4n) is 2.06. The van der Waals surface area contributed by atoms with Crippen molar-refractivity contribution < 1.29 is 9.90 Å². The van der Waals surface area contributed by atoms with Crippen molar-refractivity contribution in [2.24, 2.45) is 0 Å². The summed E-state index contributed by atoms with van der Waals surface area (Å²) in [6, 6.07) is 8.96. The Morgan fingerprint density at radius 1 is 1.45 bits per heavy atom. The lowest BCUT2D eigenvalue weighted by Gasteiger charge is -2.11. The molecule has 106 valence electrons. The number of hydrogen-bond acceptors (Lipinski definition) is 4. The van der Waals surface area contributed by atoms with Crippen LogP contribution in [0.15, 0.2) is 30.3 Å². The molecule has 1 heterocycles. The van der Waals surface area contributed by atoms with E-state index >= 15 is 0 Å².